The molecule has 6 nitrogen and oxygen atoms in total. The number of benzene rings is 2. The molecule has 2 aromatic carbocycles. The van der Waals surface area contributed by atoms with Gasteiger partial charge in [0, 0.05) is 32.6 Å². The van der Waals surface area contributed by atoms with Gasteiger partial charge in [-0.15, -0.1) is 10.2 Å². The number of aromatic nitrogens is 3. The Balaban J connectivity index is 1.53. The van der Waals surface area contributed by atoms with Gasteiger partial charge in [-0.2, -0.15) is 0 Å². The van der Waals surface area contributed by atoms with Crippen molar-refractivity contribution in [2.24, 2.45) is 4.99 Å². The minimum Gasteiger partial charge on any atom is -0.357 e. The highest BCUT2D eigenvalue weighted by atomic mass is 15.3. The fourth-order valence-corrected chi connectivity index (χ4v) is 3.07. The number of hydrogen-bond donors (Lipinski definition) is 2. The van der Waals surface area contributed by atoms with Gasteiger partial charge in [-0.1, -0.05) is 49.4 Å². The van der Waals surface area contributed by atoms with E-state index >= 15 is 0 Å². The topological polar surface area (TPSA) is 67.1 Å². The lowest BCUT2D eigenvalue weighted by atomic mass is 10.1. The van der Waals surface area contributed by atoms with Crippen molar-refractivity contribution in [2.45, 2.75) is 33.2 Å². The summed E-state index contributed by atoms with van der Waals surface area (Å²) < 4.78 is 2.08. The van der Waals surface area contributed by atoms with E-state index in [4.69, 9.17) is 4.99 Å². The first-order valence-electron chi connectivity index (χ1n) is 9.66. The first kappa shape index (κ1) is 18.9. The second-order valence-electron chi connectivity index (χ2n) is 6.41. The molecule has 6 heteroatoms. The zero-order valence-corrected chi connectivity index (χ0v) is 16.2. The molecule has 142 valence electrons. The summed E-state index contributed by atoms with van der Waals surface area (Å²) in [5.74, 6) is 1.86. The minimum atomic E-state index is 0.751. The standard InChI is InChI=1S/C21H28N6/c1-3-20-26-25-16-27(20)14-13-24-21(22-4-2)23-12-11-17-9-10-18-7-5-6-8-19(18)15-17/h5-10,15-16H,3-4,11-14H2,1-2H3,(H2,22,23,24). The third-order valence-electron chi connectivity index (χ3n) is 4.49. The first-order valence-corrected chi connectivity index (χ1v) is 9.66. The average molecular weight is 364 g/mol. The van der Waals surface area contributed by atoms with E-state index in [0.717, 1.165) is 50.8 Å². The SMILES string of the molecule is CCNC(=NCCc1ccc2ccccc2c1)NCCn1cnnc1CC. The van der Waals surface area contributed by atoms with E-state index in [0.29, 0.717) is 0 Å². The third-order valence-corrected chi connectivity index (χ3v) is 4.49. The smallest absolute Gasteiger partial charge is 0.191 e. The highest BCUT2D eigenvalue weighted by molar-refractivity contribution is 5.83. The molecule has 0 amide bonds. The van der Waals surface area contributed by atoms with Gasteiger partial charge >= 0.3 is 0 Å². The quantitative estimate of drug-likeness (QED) is 0.476. The van der Waals surface area contributed by atoms with Gasteiger partial charge in [-0.3, -0.25) is 4.99 Å². The molecule has 0 unspecified atom stereocenters. The molecule has 0 saturated carbocycles. The van der Waals surface area contributed by atoms with E-state index in [9.17, 15) is 0 Å². The molecule has 2 N–H and O–H groups in total. The lowest BCUT2D eigenvalue weighted by Crippen LogP contribution is -2.39. The van der Waals surface area contributed by atoms with Gasteiger partial charge in [0.2, 0.25) is 0 Å². The molecule has 0 aliphatic carbocycles. The molecule has 3 aromatic rings. The minimum absolute atomic E-state index is 0.751. The van der Waals surface area contributed by atoms with Crippen molar-refractivity contribution in [1.82, 2.24) is 25.4 Å². The summed E-state index contributed by atoms with van der Waals surface area (Å²) in [6.45, 7) is 7.37. The fourth-order valence-electron chi connectivity index (χ4n) is 3.07. The largest absolute Gasteiger partial charge is 0.357 e. The number of guanidine groups is 1. The van der Waals surface area contributed by atoms with Crippen LogP contribution in [0.15, 0.2) is 53.8 Å². The van der Waals surface area contributed by atoms with Crippen LogP contribution in [0.1, 0.15) is 25.2 Å². The van der Waals surface area contributed by atoms with Crippen LogP contribution >= 0.6 is 0 Å². The van der Waals surface area contributed by atoms with Crippen LogP contribution in [0.25, 0.3) is 10.8 Å². The van der Waals surface area contributed by atoms with Gasteiger partial charge in [-0.25, -0.2) is 0 Å². The molecular formula is C21H28N6. The van der Waals surface area contributed by atoms with E-state index in [-0.39, 0.29) is 0 Å². The van der Waals surface area contributed by atoms with Gasteiger partial charge in [0.05, 0.1) is 0 Å². The maximum Gasteiger partial charge on any atom is 0.191 e. The van der Waals surface area contributed by atoms with E-state index < -0.39 is 0 Å². The zero-order chi connectivity index (χ0) is 18.9. The number of nitrogens with one attached hydrogen (secondary N) is 2. The van der Waals surface area contributed by atoms with Crippen LogP contribution in [0, 0.1) is 0 Å². The van der Waals surface area contributed by atoms with Crippen LogP contribution < -0.4 is 10.6 Å². The van der Waals surface area contributed by atoms with Gasteiger partial charge in [0.1, 0.15) is 12.2 Å². The summed E-state index contributed by atoms with van der Waals surface area (Å²) in [4.78, 5) is 4.70. The molecule has 0 atom stereocenters. The third kappa shape index (κ3) is 5.29. The van der Waals surface area contributed by atoms with Crippen molar-refractivity contribution in [3.8, 4) is 0 Å². The van der Waals surface area contributed by atoms with E-state index in [2.05, 4.69) is 81.7 Å². The maximum absolute atomic E-state index is 4.70. The summed E-state index contributed by atoms with van der Waals surface area (Å²) in [6.07, 6.45) is 3.59. The molecule has 1 aromatic heterocycles. The Hall–Kier alpha value is -2.89. The Morgan fingerprint density at radius 3 is 2.74 bits per heavy atom. The number of nitrogens with zero attached hydrogens (tertiary/aromatic N) is 4. The Kier molecular flexibility index (Phi) is 6.79. The molecule has 0 saturated heterocycles. The van der Waals surface area contributed by atoms with Gasteiger partial charge < -0.3 is 15.2 Å². The number of aryl methyl sites for hydroxylation is 1. The van der Waals surface area contributed by atoms with Crippen molar-refractivity contribution in [3.05, 3.63) is 60.2 Å². The van der Waals surface area contributed by atoms with Crippen LogP contribution in [0.5, 0.6) is 0 Å². The Morgan fingerprint density at radius 2 is 1.93 bits per heavy atom. The van der Waals surface area contributed by atoms with E-state index in [1.165, 1.54) is 16.3 Å². The molecule has 0 bridgehead atoms. The van der Waals surface area contributed by atoms with E-state index in [1.54, 1.807) is 6.33 Å². The average Bonchev–Trinajstić information content (AvgIpc) is 3.15. The highest BCUT2D eigenvalue weighted by Crippen LogP contribution is 2.15. The number of aliphatic imine (C=N–C) groups is 1. The monoisotopic (exact) mass is 364 g/mol. The first-order chi connectivity index (χ1) is 13.3. The van der Waals surface area contributed by atoms with Crippen LogP contribution in [-0.2, 0) is 19.4 Å². The summed E-state index contributed by atoms with van der Waals surface area (Å²) in [5, 5.41) is 17.3. The summed E-state index contributed by atoms with van der Waals surface area (Å²) >= 11 is 0. The highest BCUT2D eigenvalue weighted by Gasteiger charge is 2.02. The summed E-state index contributed by atoms with van der Waals surface area (Å²) in [6, 6.07) is 15.1. The number of hydrogen-bond acceptors (Lipinski definition) is 3. The molecular weight excluding hydrogens is 336 g/mol. The second kappa shape index (κ2) is 9.71. The molecule has 3 rings (SSSR count). The van der Waals surface area contributed by atoms with Crippen LogP contribution in [0.2, 0.25) is 0 Å². The van der Waals surface area contributed by atoms with E-state index in [1.807, 2.05) is 0 Å². The molecule has 0 aliphatic heterocycles. The Bertz CT molecular complexity index is 883. The molecule has 1 heterocycles. The molecule has 27 heavy (non-hydrogen) atoms. The van der Waals surface area contributed by atoms with Gasteiger partial charge in [-0.05, 0) is 29.7 Å². The summed E-state index contributed by atoms with van der Waals surface area (Å²) in [7, 11) is 0. The van der Waals surface area contributed by atoms with Crippen LogP contribution in [-0.4, -0.2) is 40.4 Å². The number of rotatable bonds is 8. The van der Waals surface area contributed by atoms with Crippen molar-refractivity contribution in [1.29, 1.82) is 0 Å². The fraction of sp³-hybridized carbons (Fsp3) is 0.381. The zero-order valence-electron chi connectivity index (χ0n) is 16.2. The Morgan fingerprint density at radius 1 is 1.07 bits per heavy atom. The lowest BCUT2D eigenvalue weighted by Gasteiger charge is -2.12. The predicted octanol–water partition coefficient (Wildman–Crippen LogP) is 2.79. The molecule has 0 fully saturated rings. The predicted molar refractivity (Wildman–Crippen MR) is 111 cm³/mol. The lowest BCUT2D eigenvalue weighted by molar-refractivity contribution is 0.632. The summed E-state index contributed by atoms with van der Waals surface area (Å²) in [5.41, 5.74) is 1.31. The van der Waals surface area contributed by atoms with Crippen molar-refractivity contribution < 1.29 is 0 Å². The maximum atomic E-state index is 4.70. The van der Waals surface area contributed by atoms with Crippen molar-refractivity contribution in [2.75, 3.05) is 19.6 Å². The Labute approximate surface area is 160 Å². The van der Waals surface area contributed by atoms with Gasteiger partial charge in [0.25, 0.3) is 0 Å². The number of fused-ring (bicyclic) bond motifs is 1. The molecule has 0 spiro atoms. The normalized spacial score (nSPS) is 11.7. The van der Waals surface area contributed by atoms with Crippen molar-refractivity contribution in [3.63, 3.8) is 0 Å². The molecule has 0 radical (unpaired) electrons. The second-order valence-corrected chi connectivity index (χ2v) is 6.41. The van der Waals surface area contributed by atoms with Crippen molar-refractivity contribution >= 4 is 16.7 Å². The van der Waals surface area contributed by atoms with Crippen LogP contribution in [0.3, 0.4) is 0 Å². The van der Waals surface area contributed by atoms with Crippen LogP contribution in [0.4, 0.5) is 0 Å². The molecule has 0 aliphatic rings. The van der Waals surface area contributed by atoms with Gasteiger partial charge in [0.15, 0.2) is 5.96 Å².